The molecule has 0 amide bonds. The van der Waals surface area contributed by atoms with Crippen molar-refractivity contribution >= 4 is 8.32 Å². The van der Waals surface area contributed by atoms with Crippen LogP contribution in [0.1, 0.15) is 46.5 Å². The lowest BCUT2D eigenvalue weighted by Gasteiger charge is -2.45. The lowest BCUT2D eigenvalue weighted by Crippen LogP contribution is -2.52. The third-order valence-corrected chi connectivity index (χ3v) is 10.2. The molecule has 0 aromatic rings. The molecule has 1 aliphatic rings. The smallest absolute Gasteiger partial charge is 0.192 e. The summed E-state index contributed by atoms with van der Waals surface area (Å²) >= 11 is 0. The Morgan fingerprint density at radius 2 is 2.00 bits per heavy atom. The first-order chi connectivity index (χ1) is 9.99. The van der Waals surface area contributed by atoms with E-state index in [4.69, 9.17) is 10.8 Å². The van der Waals surface area contributed by atoms with E-state index in [9.17, 15) is 5.11 Å². The van der Waals surface area contributed by atoms with Crippen molar-refractivity contribution in [3.63, 3.8) is 0 Å². The third kappa shape index (κ3) is 3.10. The molecule has 124 valence electrons. The first-order valence-corrected chi connectivity index (χ1v) is 11.0. The maximum Gasteiger partial charge on any atom is 0.192 e. The molecule has 0 bridgehead atoms. The van der Waals surface area contributed by atoms with E-state index in [1.807, 2.05) is 6.08 Å². The number of hydrogen-bond acceptors (Lipinski definition) is 2. The van der Waals surface area contributed by atoms with Crippen LogP contribution in [0, 0.1) is 17.8 Å². The average Bonchev–Trinajstić information content (AvgIpc) is 2.69. The zero-order valence-electron chi connectivity index (χ0n) is 14.9. The lowest BCUT2D eigenvalue weighted by molar-refractivity contribution is -0.0326. The molecule has 0 aromatic heterocycles. The van der Waals surface area contributed by atoms with Crippen LogP contribution in [0.2, 0.25) is 18.1 Å². The highest BCUT2D eigenvalue weighted by Crippen LogP contribution is 2.53. The molecule has 3 heteroatoms. The number of terminal acetylenes is 1. The summed E-state index contributed by atoms with van der Waals surface area (Å²) in [4.78, 5) is 0. The van der Waals surface area contributed by atoms with E-state index in [0.717, 1.165) is 12.8 Å². The molecule has 0 aromatic carbocycles. The van der Waals surface area contributed by atoms with Crippen LogP contribution in [-0.2, 0) is 4.43 Å². The fourth-order valence-corrected chi connectivity index (χ4v) is 4.46. The summed E-state index contributed by atoms with van der Waals surface area (Å²) < 4.78 is 6.62. The van der Waals surface area contributed by atoms with Gasteiger partial charge in [-0.1, -0.05) is 38.8 Å². The minimum Gasteiger partial charge on any atom is -0.412 e. The quantitative estimate of drug-likeness (QED) is 0.438. The largest absolute Gasteiger partial charge is 0.412 e. The van der Waals surface area contributed by atoms with Crippen LogP contribution >= 0.6 is 0 Å². The fraction of sp³-hybridized carbons (Fsp3) is 0.684. The standard InChI is InChI=1S/C19H32O2Si/c1-9-12-14-18(10-2)16(13-15-19(18,20)11-3)21-22(7,8)17(4,5)6/h2,9,11,16,20H,1,3,12-15H2,4-8H3/t16-,18-,19+/m1/s1. The maximum absolute atomic E-state index is 11.0. The summed E-state index contributed by atoms with van der Waals surface area (Å²) in [7, 11) is -1.96. The van der Waals surface area contributed by atoms with Gasteiger partial charge in [-0.05, 0) is 43.8 Å². The molecule has 22 heavy (non-hydrogen) atoms. The molecule has 0 spiro atoms. The molecule has 0 aliphatic heterocycles. The normalized spacial score (nSPS) is 32.5. The summed E-state index contributed by atoms with van der Waals surface area (Å²) in [5.74, 6) is 2.91. The van der Waals surface area contributed by atoms with Crippen molar-refractivity contribution in [1.82, 2.24) is 0 Å². The summed E-state index contributed by atoms with van der Waals surface area (Å²) in [5, 5.41) is 11.2. The second-order valence-electron chi connectivity index (χ2n) is 7.98. The summed E-state index contributed by atoms with van der Waals surface area (Å²) in [6.45, 7) is 18.7. The van der Waals surface area contributed by atoms with Gasteiger partial charge in [0.15, 0.2) is 8.32 Å². The Balaban J connectivity index is 3.21. The summed E-state index contributed by atoms with van der Waals surface area (Å²) in [6, 6.07) is 0. The van der Waals surface area contributed by atoms with Crippen molar-refractivity contribution < 1.29 is 9.53 Å². The molecule has 1 saturated carbocycles. The monoisotopic (exact) mass is 320 g/mol. The van der Waals surface area contributed by atoms with Gasteiger partial charge in [0, 0.05) is 0 Å². The van der Waals surface area contributed by atoms with Gasteiger partial charge in [-0.2, -0.15) is 0 Å². The van der Waals surface area contributed by atoms with Crippen molar-refractivity contribution in [2.45, 2.75) is 76.3 Å². The summed E-state index contributed by atoms with van der Waals surface area (Å²) in [6.07, 6.45) is 12.1. The Morgan fingerprint density at radius 1 is 1.41 bits per heavy atom. The van der Waals surface area contributed by atoms with Crippen molar-refractivity contribution in [1.29, 1.82) is 0 Å². The minimum absolute atomic E-state index is 0.112. The van der Waals surface area contributed by atoms with Crippen LogP contribution in [0.3, 0.4) is 0 Å². The van der Waals surface area contributed by atoms with E-state index in [0.29, 0.717) is 12.8 Å². The van der Waals surface area contributed by atoms with Crippen molar-refractivity contribution in [2.75, 3.05) is 0 Å². The van der Waals surface area contributed by atoms with Crippen LogP contribution < -0.4 is 0 Å². The molecule has 3 atom stereocenters. The molecule has 0 saturated heterocycles. The second kappa shape index (κ2) is 6.35. The van der Waals surface area contributed by atoms with E-state index in [1.54, 1.807) is 6.08 Å². The van der Waals surface area contributed by atoms with E-state index >= 15 is 0 Å². The van der Waals surface area contributed by atoms with Crippen molar-refractivity contribution in [3.8, 4) is 12.3 Å². The zero-order chi connectivity index (χ0) is 17.2. The molecular weight excluding hydrogens is 288 g/mol. The number of aliphatic hydroxyl groups is 1. The highest BCUT2D eigenvalue weighted by atomic mass is 28.4. The number of hydrogen-bond donors (Lipinski definition) is 1. The Kier molecular flexibility index (Phi) is 5.55. The van der Waals surface area contributed by atoms with Crippen molar-refractivity contribution in [2.24, 2.45) is 5.41 Å². The van der Waals surface area contributed by atoms with Gasteiger partial charge < -0.3 is 9.53 Å². The molecule has 0 heterocycles. The second-order valence-corrected chi connectivity index (χ2v) is 12.7. The topological polar surface area (TPSA) is 29.5 Å². The Hall–Kier alpha value is -0.823. The molecule has 1 aliphatic carbocycles. The maximum atomic E-state index is 11.0. The number of rotatable bonds is 6. The van der Waals surface area contributed by atoms with Crippen LogP contribution in [-0.4, -0.2) is 25.1 Å². The number of allylic oxidation sites excluding steroid dienone is 1. The highest BCUT2D eigenvalue weighted by molar-refractivity contribution is 6.74. The molecule has 1 fully saturated rings. The summed E-state index contributed by atoms with van der Waals surface area (Å²) in [5.41, 5.74) is -1.77. The van der Waals surface area contributed by atoms with Crippen molar-refractivity contribution in [3.05, 3.63) is 25.3 Å². The van der Waals surface area contributed by atoms with Gasteiger partial charge in [-0.3, -0.25) is 0 Å². The van der Waals surface area contributed by atoms with E-state index in [-0.39, 0.29) is 11.1 Å². The Morgan fingerprint density at radius 3 is 2.41 bits per heavy atom. The van der Waals surface area contributed by atoms with Gasteiger partial charge >= 0.3 is 0 Å². The van der Waals surface area contributed by atoms with Gasteiger partial charge in [0.05, 0.1) is 11.5 Å². The molecule has 1 rings (SSSR count). The first-order valence-electron chi connectivity index (χ1n) is 8.12. The molecule has 1 N–H and O–H groups in total. The molecule has 0 radical (unpaired) electrons. The van der Waals surface area contributed by atoms with Gasteiger partial charge in [0.1, 0.15) is 5.60 Å². The van der Waals surface area contributed by atoms with E-state index < -0.39 is 19.3 Å². The predicted octanol–water partition coefficient (Wildman–Crippen LogP) is 4.67. The van der Waals surface area contributed by atoms with Gasteiger partial charge in [-0.25, -0.2) is 0 Å². The fourth-order valence-electron chi connectivity index (χ4n) is 3.07. The zero-order valence-corrected chi connectivity index (χ0v) is 15.9. The lowest BCUT2D eigenvalue weighted by atomic mass is 9.70. The minimum atomic E-state index is -1.96. The average molecular weight is 321 g/mol. The van der Waals surface area contributed by atoms with E-state index in [1.165, 1.54) is 0 Å². The van der Waals surface area contributed by atoms with Crippen LogP contribution in [0.25, 0.3) is 0 Å². The van der Waals surface area contributed by atoms with Gasteiger partial charge in [0.2, 0.25) is 0 Å². The predicted molar refractivity (Wildman–Crippen MR) is 97.1 cm³/mol. The molecular formula is C19H32O2Si. The highest BCUT2D eigenvalue weighted by Gasteiger charge is 2.59. The van der Waals surface area contributed by atoms with Gasteiger partial charge in [-0.15, -0.1) is 19.6 Å². The SMILES string of the molecule is C#C[C@@]1(CCC=C)[C@H](O[Si](C)(C)C(C)(C)C)CC[C@@]1(O)C=C. The van der Waals surface area contributed by atoms with Gasteiger partial charge in [0.25, 0.3) is 0 Å². The van der Waals surface area contributed by atoms with Crippen LogP contribution in [0.15, 0.2) is 25.3 Å². The molecule has 0 unspecified atom stereocenters. The first kappa shape index (κ1) is 19.2. The Bertz CT molecular complexity index is 469. The third-order valence-electron chi connectivity index (χ3n) is 5.69. The molecule has 2 nitrogen and oxygen atoms in total. The van der Waals surface area contributed by atoms with Crippen LogP contribution in [0.5, 0.6) is 0 Å². The Labute approximate surface area is 137 Å². The van der Waals surface area contributed by atoms with Crippen LogP contribution in [0.4, 0.5) is 0 Å². The van der Waals surface area contributed by atoms with E-state index in [2.05, 4.69) is 52.9 Å².